The van der Waals surface area contributed by atoms with Crippen LogP contribution in [0, 0.1) is 11.3 Å². The van der Waals surface area contributed by atoms with E-state index >= 15 is 0 Å². The Morgan fingerprint density at radius 2 is 2.17 bits per heavy atom. The highest BCUT2D eigenvalue weighted by atomic mass is 16.5. The number of piperidine rings is 1. The van der Waals surface area contributed by atoms with Crippen LogP contribution in [0.3, 0.4) is 0 Å². The minimum atomic E-state index is -0.0836. The Kier molecular flexibility index (Phi) is 5.27. The summed E-state index contributed by atoms with van der Waals surface area (Å²) in [5.74, 6) is -0.0836. The fraction of sp³-hybridized carbons (Fsp3) is 0.556. The molecule has 0 bridgehead atoms. The predicted molar refractivity (Wildman–Crippen MR) is 87.1 cm³/mol. The van der Waals surface area contributed by atoms with Gasteiger partial charge in [-0.25, -0.2) is 0 Å². The zero-order chi connectivity index (χ0) is 16.1. The van der Waals surface area contributed by atoms with Crippen molar-refractivity contribution in [1.29, 1.82) is 5.26 Å². The number of benzene rings is 1. The third-order valence-electron chi connectivity index (χ3n) is 4.66. The van der Waals surface area contributed by atoms with Gasteiger partial charge in [-0.15, -0.1) is 0 Å². The van der Waals surface area contributed by atoms with E-state index in [-0.39, 0.29) is 11.9 Å². The number of amides is 1. The number of nitrogens with zero attached hydrogens (tertiary/aromatic N) is 2. The van der Waals surface area contributed by atoms with E-state index in [1.807, 2.05) is 0 Å². The molecule has 1 aromatic carbocycles. The Morgan fingerprint density at radius 1 is 1.35 bits per heavy atom. The molecule has 1 atom stereocenters. The number of likely N-dealkylation sites (tertiary alicyclic amines) is 1. The number of ether oxygens (including phenoxy) is 1. The molecule has 2 saturated heterocycles. The van der Waals surface area contributed by atoms with E-state index in [0.29, 0.717) is 17.2 Å². The lowest BCUT2D eigenvalue weighted by Crippen LogP contribution is -2.46. The monoisotopic (exact) mass is 313 g/mol. The number of nitriles is 1. The summed E-state index contributed by atoms with van der Waals surface area (Å²) in [7, 11) is 0. The first-order valence-corrected chi connectivity index (χ1v) is 8.39. The Hall–Kier alpha value is -1.90. The normalized spacial score (nSPS) is 22.7. The van der Waals surface area contributed by atoms with Crippen molar-refractivity contribution in [2.24, 2.45) is 0 Å². The molecule has 0 spiro atoms. The molecule has 0 aromatic heterocycles. The van der Waals surface area contributed by atoms with Crippen LogP contribution in [0.1, 0.15) is 41.6 Å². The van der Waals surface area contributed by atoms with E-state index in [9.17, 15) is 4.79 Å². The van der Waals surface area contributed by atoms with Gasteiger partial charge in [0.25, 0.3) is 5.91 Å². The van der Waals surface area contributed by atoms with Crippen LogP contribution in [0.2, 0.25) is 0 Å². The van der Waals surface area contributed by atoms with Crippen LogP contribution in [0.4, 0.5) is 0 Å². The highest BCUT2D eigenvalue weighted by molar-refractivity contribution is 5.94. The van der Waals surface area contributed by atoms with Crippen LogP contribution in [0.25, 0.3) is 0 Å². The van der Waals surface area contributed by atoms with E-state index in [0.717, 1.165) is 39.1 Å². The lowest BCUT2D eigenvalue weighted by atomic mass is 10.0. The molecule has 0 aliphatic carbocycles. The average Bonchev–Trinajstić information content (AvgIpc) is 3.09. The summed E-state index contributed by atoms with van der Waals surface area (Å²) in [5.41, 5.74) is 1.08. The van der Waals surface area contributed by atoms with E-state index in [2.05, 4.69) is 16.3 Å². The maximum absolute atomic E-state index is 12.3. The first-order valence-electron chi connectivity index (χ1n) is 8.39. The number of nitrogens with one attached hydrogen (secondary N) is 1. The van der Waals surface area contributed by atoms with Crippen molar-refractivity contribution in [3.05, 3.63) is 35.4 Å². The molecule has 3 rings (SSSR count). The average molecular weight is 313 g/mol. The zero-order valence-electron chi connectivity index (χ0n) is 13.3. The lowest BCUT2D eigenvalue weighted by Gasteiger charge is -2.33. The Morgan fingerprint density at radius 3 is 2.87 bits per heavy atom. The number of carbonyl (C=O) groups is 1. The molecule has 1 amide bonds. The summed E-state index contributed by atoms with van der Waals surface area (Å²) in [6.07, 6.45) is 4.69. The molecule has 5 heteroatoms. The van der Waals surface area contributed by atoms with Crippen LogP contribution in [-0.2, 0) is 4.74 Å². The zero-order valence-corrected chi connectivity index (χ0v) is 13.3. The van der Waals surface area contributed by atoms with Crippen LogP contribution in [0.15, 0.2) is 24.3 Å². The SMILES string of the molecule is N#Cc1cccc(C(=O)NC2CCN(C[C@@H]3CCCO3)CC2)c1. The molecule has 0 radical (unpaired) electrons. The number of carbonyl (C=O) groups excluding carboxylic acids is 1. The quantitative estimate of drug-likeness (QED) is 0.922. The van der Waals surface area contributed by atoms with E-state index in [4.69, 9.17) is 10.00 Å². The van der Waals surface area contributed by atoms with Crippen molar-refractivity contribution in [2.45, 2.75) is 37.8 Å². The van der Waals surface area contributed by atoms with Crippen molar-refractivity contribution in [2.75, 3.05) is 26.2 Å². The number of hydrogen-bond acceptors (Lipinski definition) is 4. The van der Waals surface area contributed by atoms with E-state index in [1.54, 1.807) is 24.3 Å². The van der Waals surface area contributed by atoms with Gasteiger partial charge < -0.3 is 15.0 Å². The van der Waals surface area contributed by atoms with E-state index < -0.39 is 0 Å². The third-order valence-corrected chi connectivity index (χ3v) is 4.66. The fourth-order valence-corrected chi connectivity index (χ4v) is 3.33. The standard InChI is InChI=1S/C18H23N3O2/c19-12-14-3-1-4-15(11-14)18(22)20-16-6-8-21(9-7-16)13-17-5-2-10-23-17/h1,3-4,11,16-17H,2,5-10,13H2,(H,20,22)/t17-/m0/s1. The van der Waals surface area contributed by atoms with Crippen molar-refractivity contribution >= 4 is 5.91 Å². The second kappa shape index (κ2) is 7.58. The molecular weight excluding hydrogens is 290 g/mol. The summed E-state index contributed by atoms with van der Waals surface area (Å²) < 4.78 is 5.69. The second-order valence-corrected chi connectivity index (χ2v) is 6.38. The van der Waals surface area contributed by atoms with E-state index in [1.165, 1.54) is 12.8 Å². The van der Waals surface area contributed by atoms with Crippen molar-refractivity contribution in [3.8, 4) is 6.07 Å². The van der Waals surface area contributed by atoms with Gasteiger partial charge in [0, 0.05) is 37.8 Å². The first kappa shape index (κ1) is 16.0. The Labute approximate surface area is 137 Å². The Bertz CT molecular complexity index is 582. The van der Waals surface area contributed by atoms with Gasteiger partial charge in [-0.05, 0) is 43.9 Å². The molecule has 2 heterocycles. The van der Waals surface area contributed by atoms with Crippen LogP contribution < -0.4 is 5.32 Å². The number of hydrogen-bond donors (Lipinski definition) is 1. The molecule has 2 aliphatic heterocycles. The highest BCUT2D eigenvalue weighted by Crippen LogP contribution is 2.17. The van der Waals surface area contributed by atoms with Crippen molar-refractivity contribution in [1.82, 2.24) is 10.2 Å². The topological polar surface area (TPSA) is 65.4 Å². The van der Waals surface area contributed by atoms with Gasteiger partial charge >= 0.3 is 0 Å². The van der Waals surface area contributed by atoms with Gasteiger partial charge in [0.05, 0.1) is 17.7 Å². The summed E-state index contributed by atoms with van der Waals surface area (Å²) in [6.45, 7) is 3.93. The molecular formula is C18H23N3O2. The molecule has 0 unspecified atom stereocenters. The maximum Gasteiger partial charge on any atom is 0.251 e. The smallest absolute Gasteiger partial charge is 0.251 e. The molecule has 5 nitrogen and oxygen atoms in total. The summed E-state index contributed by atoms with van der Waals surface area (Å²) in [5, 5.41) is 12.0. The van der Waals surface area contributed by atoms with Crippen LogP contribution >= 0.6 is 0 Å². The molecule has 1 N–H and O–H groups in total. The third kappa shape index (κ3) is 4.31. The van der Waals surface area contributed by atoms with Gasteiger partial charge in [-0.3, -0.25) is 4.79 Å². The van der Waals surface area contributed by atoms with Gasteiger partial charge in [-0.2, -0.15) is 5.26 Å². The molecule has 1 aromatic rings. The first-order chi connectivity index (χ1) is 11.2. The van der Waals surface area contributed by atoms with Crippen molar-refractivity contribution < 1.29 is 9.53 Å². The summed E-state index contributed by atoms with van der Waals surface area (Å²) >= 11 is 0. The molecule has 2 aliphatic rings. The second-order valence-electron chi connectivity index (χ2n) is 6.38. The molecule has 2 fully saturated rings. The number of rotatable bonds is 4. The minimum Gasteiger partial charge on any atom is -0.377 e. The molecule has 122 valence electrons. The largest absolute Gasteiger partial charge is 0.377 e. The van der Waals surface area contributed by atoms with Gasteiger partial charge in [0.2, 0.25) is 0 Å². The van der Waals surface area contributed by atoms with Gasteiger partial charge in [0.15, 0.2) is 0 Å². The lowest BCUT2D eigenvalue weighted by molar-refractivity contribution is 0.0613. The predicted octanol–water partition coefficient (Wildman–Crippen LogP) is 1.93. The van der Waals surface area contributed by atoms with Crippen LogP contribution in [-0.4, -0.2) is 49.2 Å². The van der Waals surface area contributed by atoms with Crippen LogP contribution in [0.5, 0.6) is 0 Å². The van der Waals surface area contributed by atoms with Gasteiger partial charge in [-0.1, -0.05) is 6.07 Å². The molecule has 23 heavy (non-hydrogen) atoms. The maximum atomic E-state index is 12.3. The highest BCUT2D eigenvalue weighted by Gasteiger charge is 2.24. The van der Waals surface area contributed by atoms with Crippen molar-refractivity contribution in [3.63, 3.8) is 0 Å². The summed E-state index contributed by atoms with van der Waals surface area (Å²) in [4.78, 5) is 14.7. The fourth-order valence-electron chi connectivity index (χ4n) is 3.33. The van der Waals surface area contributed by atoms with Gasteiger partial charge in [0.1, 0.15) is 0 Å². The minimum absolute atomic E-state index is 0.0836. The Balaban J connectivity index is 1.46. The molecule has 0 saturated carbocycles. The summed E-state index contributed by atoms with van der Waals surface area (Å²) in [6, 6.07) is 9.13.